The molecule has 0 bridgehead atoms. The van der Waals surface area contributed by atoms with Crippen LogP contribution in [0.3, 0.4) is 0 Å². The Morgan fingerprint density at radius 3 is 2.74 bits per heavy atom. The molecule has 0 fully saturated rings. The minimum atomic E-state index is 0.357. The van der Waals surface area contributed by atoms with Gasteiger partial charge in [-0.1, -0.05) is 43.7 Å². The van der Waals surface area contributed by atoms with Crippen molar-refractivity contribution in [3.63, 3.8) is 0 Å². The first-order valence-corrected chi connectivity index (χ1v) is 7.85. The van der Waals surface area contributed by atoms with E-state index in [0.29, 0.717) is 17.9 Å². The van der Waals surface area contributed by atoms with E-state index in [1.807, 2.05) is 6.08 Å². The molecule has 1 aliphatic carbocycles. The summed E-state index contributed by atoms with van der Waals surface area (Å²) < 4.78 is 3.25. The first-order chi connectivity index (χ1) is 8.95. The van der Waals surface area contributed by atoms with Crippen LogP contribution >= 0.6 is 22.9 Å². The van der Waals surface area contributed by atoms with Crippen LogP contribution in [-0.2, 0) is 0 Å². The zero-order valence-electron chi connectivity index (χ0n) is 12.3. The summed E-state index contributed by atoms with van der Waals surface area (Å²) in [5.74, 6) is 0.989. The summed E-state index contributed by atoms with van der Waals surface area (Å²) in [6.45, 7) is 12.9. The second kappa shape index (κ2) is 7.88. The number of hydrogen-bond donors (Lipinski definition) is 1. The molecule has 104 valence electrons. The molecular weight excluding hydrogens is 345 g/mol. The third kappa shape index (κ3) is 5.13. The standard InChI is InChI=1S/C17H24IN/c1-12(2)17(19-18)8-6-7-14(4)16-10-9-13(3)15(5)11-16/h7-10,12,16-17,19H,4,11H2,1-3,5H3. The summed E-state index contributed by atoms with van der Waals surface area (Å²) in [5.41, 5.74) is 7.25. The summed E-state index contributed by atoms with van der Waals surface area (Å²) in [5, 5.41) is 0. The van der Waals surface area contributed by atoms with Gasteiger partial charge in [-0.25, -0.2) is 0 Å². The molecule has 2 unspecified atom stereocenters. The van der Waals surface area contributed by atoms with Crippen LogP contribution in [-0.4, -0.2) is 6.04 Å². The zero-order valence-corrected chi connectivity index (χ0v) is 14.5. The third-order valence-corrected chi connectivity index (χ3v) is 4.36. The van der Waals surface area contributed by atoms with Crippen molar-refractivity contribution in [3.05, 3.63) is 53.3 Å². The van der Waals surface area contributed by atoms with E-state index < -0.39 is 0 Å². The summed E-state index contributed by atoms with van der Waals surface area (Å²) in [6.07, 6.45) is 9.64. The lowest BCUT2D eigenvalue weighted by atomic mass is 9.86. The van der Waals surface area contributed by atoms with Gasteiger partial charge in [0.25, 0.3) is 0 Å². The lowest BCUT2D eigenvalue weighted by Crippen LogP contribution is -2.23. The Kier molecular flexibility index (Phi) is 6.84. The molecule has 0 heterocycles. The molecule has 1 rings (SSSR count). The fourth-order valence-corrected chi connectivity index (χ4v) is 2.83. The van der Waals surface area contributed by atoms with Gasteiger partial charge in [0.05, 0.1) is 0 Å². The molecule has 1 nitrogen and oxygen atoms in total. The summed E-state index contributed by atoms with van der Waals surface area (Å²) in [6, 6.07) is 0.357. The number of allylic oxidation sites excluding steroid dienone is 5. The van der Waals surface area contributed by atoms with Crippen molar-refractivity contribution in [3.8, 4) is 0 Å². The smallest absolute Gasteiger partial charge is 0.0440 e. The van der Waals surface area contributed by atoms with E-state index in [1.165, 1.54) is 11.1 Å². The maximum absolute atomic E-state index is 4.17. The SMILES string of the molecule is C=C(C=C=CC(NI)C(C)C)C1C=CC(C)=C(C)C1. The molecular formula is C17H24IN. The molecule has 0 radical (unpaired) electrons. The Morgan fingerprint density at radius 1 is 1.53 bits per heavy atom. The van der Waals surface area contributed by atoms with Crippen molar-refractivity contribution in [2.24, 2.45) is 11.8 Å². The molecule has 0 aromatic heterocycles. The highest BCUT2D eigenvalue weighted by Crippen LogP contribution is 2.27. The van der Waals surface area contributed by atoms with E-state index in [1.54, 1.807) is 0 Å². The van der Waals surface area contributed by atoms with Gasteiger partial charge in [0.1, 0.15) is 0 Å². The third-order valence-electron chi connectivity index (χ3n) is 3.64. The van der Waals surface area contributed by atoms with Crippen LogP contribution in [0.5, 0.6) is 0 Å². The molecule has 0 saturated heterocycles. The fourth-order valence-electron chi connectivity index (χ4n) is 1.93. The molecule has 1 N–H and O–H groups in total. The van der Waals surface area contributed by atoms with Crippen molar-refractivity contribution in [2.45, 2.75) is 40.2 Å². The Labute approximate surface area is 131 Å². The summed E-state index contributed by atoms with van der Waals surface area (Å²) in [4.78, 5) is 0. The maximum atomic E-state index is 4.17. The van der Waals surface area contributed by atoms with Crippen LogP contribution < -0.4 is 3.53 Å². The molecule has 0 aromatic carbocycles. The van der Waals surface area contributed by atoms with Crippen LogP contribution in [0, 0.1) is 11.8 Å². The van der Waals surface area contributed by atoms with Gasteiger partial charge in [-0.3, -0.25) is 3.53 Å². The van der Waals surface area contributed by atoms with Crippen LogP contribution in [0.25, 0.3) is 0 Å². The van der Waals surface area contributed by atoms with E-state index in [-0.39, 0.29) is 0 Å². The Bertz CT molecular complexity index is 448. The molecule has 2 atom stereocenters. The highest BCUT2D eigenvalue weighted by atomic mass is 127. The van der Waals surface area contributed by atoms with Gasteiger partial charge in [0, 0.05) is 34.8 Å². The topological polar surface area (TPSA) is 12.0 Å². The van der Waals surface area contributed by atoms with E-state index in [0.717, 1.165) is 12.0 Å². The van der Waals surface area contributed by atoms with Crippen LogP contribution in [0.15, 0.2) is 53.3 Å². The van der Waals surface area contributed by atoms with Gasteiger partial charge in [0.2, 0.25) is 0 Å². The average molecular weight is 369 g/mol. The normalized spacial score (nSPS) is 20.2. The predicted octanol–water partition coefficient (Wildman–Crippen LogP) is 5.13. The molecule has 2 heteroatoms. The van der Waals surface area contributed by atoms with E-state index in [2.05, 4.69) is 84.6 Å². The predicted molar refractivity (Wildman–Crippen MR) is 93.2 cm³/mol. The molecule has 0 aromatic rings. The van der Waals surface area contributed by atoms with Crippen molar-refractivity contribution >= 4 is 22.9 Å². The second-order valence-corrected chi connectivity index (χ2v) is 6.19. The monoisotopic (exact) mass is 369 g/mol. The molecule has 0 spiro atoms. The highest BCUT2D eigenvalue weighted by Gasteiger charge is 2.13. The van der Waals surface area contributed by atoms with Crippen LogP contribution in [0.4, 0.5) is 0 Å². The molecule has 1 aliphatic rings. The lowest BCUT2D eigenvalue weighted by Gasteiger charge is -2.19. The minimum absolute atomic E-state index is 0.357. The van der Waals surface area contributed by atoms with E-state index in [4.69, 9.17) is 0 Å². The summed E-state index contributed by atoms with van der Waals surface area (Å²) >= 11 is 2.20. The lowest BCUT2D eigenvalue weighted by molar-refractivity contribution is 0.554. The first kappa shape index (κ1) is 16.5. The van der Waals surface area contributed by atoms with Crippen molar-refractivity contribution in [1.82, 2.24) is 3.53 Å². The molecule has 0 amide bonds. The highest BCUT2D eigenvalue weighted by molar-refractivity contribution is 14.1. The Morgan fingerprint density at radius 2 is 2.21 bits per heavy atom. The zero-order chi connectivity index (χ0) is 14.4. The average Bonchev–Trinajstić information content (AvgIpc) is 2.37. The van der Waals surface area contributed by atoms with E-state index in [9.17, 15) is 0 Å². The number of rotatable bonds is 5. The number of nitrogens with one attached hydrogen (secondary N) is 1. The van der Waals surface area contributed by atoms with Crippen LogP contribution in [0.1, 0.15) is 34.1 Å². The van der Waals surface area contributed by atoms with Gasteiger partial charge < -0.3 is 0 Å². The molecule has 0 saturated carbocycles. The van der Waals surface area contributed by atoms with Crippen molar-refractivity contribution in [1.29, 1.82) is 0 Å². The maximum Gasteiger partial charge on any atom is 0.0440 e. The van der Waals surface area contributed by atoms with Gasteiger partial charge in [-0.2, -0.15) is 0 Å². The largest absolute Gasteiger partial charge is 0.253 e. The molecule has 19 heavy (non-hydrogen) atoms. The first-order valence-electron chi connectivity index (χ1n) is 6.77. The second-order valence-electron chi connectivity index (χ2n) is 5.56. The van der Waals surface area contributed by atoms with Gasteiger partial charge in [0.15, 0.2) is 0 Å². The van der Waals surface area contributed by atoms with Crippen molar-refractivity contribution in [2.75, 3.05) is 0 Å². The quantitative estimate of drug-likeness (QED) is 0.307. The van der Waals surface area contributed by atoms with E-state index >= 15 is 0 Å². The fraction of sp³-hybridized carbons (Fsp3) is 0.471. The molecule has 0 aliphatic heterocycles. The Hall–Kier alpha value is -0.570. The Balaban J connectivity index is 2.66. The number of halogens is 1. The van der Waals surface area contributed by atoms with Gasteiger partial charge >= 0.3 is 0 Å². The number of hydrogen-bond acceptors (Lipinski definition) is 1. The minimum Gasteiger partial charge on any atom is -0.253 e. The van der Waals surface area contributed by atoms with Crippen molar-refractivity contribution < 1.29 is 0 Å². The van der Waals surface area contributed by atoms with Gasteiger partial charge in [-0.05, 0) is 43.9 Å². The summed E-state index contributed by atoms with van der Waals surface area (Å²) in [7, 11) is 0. The van der Waals surface area contributed by atoms with Gasteiger partial charge in [-0.15, -0.1) is 5.73 Å². The van der Waals surface area contributed by atoms with Crippen LogP contribution in [0.2, 0.25) is 0 Å².